The van der Waals surface area contributed by atoms with Crippen molar-refractivity contribution in [2.45, 2.75) is 0 Å². The van der Waals surface area contributed by atoms with Crippen molar-refractivity contribution in [2.75, 3.05) is 4.90 Å². The molecule has 2 nitrogen and oxygen atoms in total. The molecule has 0 aliphatic rings. The van der Waals surface area contributed by atoms with Gasteiger partial charge < -0.3 is 9.47 Å². The minimum atomic E-state index is 1.09. The van der Waals surface area contributed by atoms with Gasteiger partial charge in [-0.2, -0.15) is 0 Å². The van der Waals surface area contributed by atoms with Gasteiger partial charge in [0, 0.05) is 33.4 Å². The number of benzene rings is 10. The first-order valence-corrected chi connectivity index (χ1v) is 20.6. The fraction of sp³-hybridized carbons (Fsp3) is 0. The van der Waals surface area contributed by atoms with Crippen LogP contribution in [0.5, 0.6) is 0 Å². The van der Waals surface area contributed by atoms with E-state index in [1.807, 2.05) is 0 Å². The molecule has 0 N–H and O–H groups in total. The second-order valence-corrected chi connectivity index (χ2v) is 15.3. The van der Waals surface area contributed by atoms with E-state index >= 15 is 0 Å². The molecule has 11 rings (SSSR count). The Bertz CT molecular complexity index is 3310. The van der Waals surface area contributed by atoms with Crippen molar-refractivity contribution >= 4 is 49.6 Å². The lowest BCUT2D eigenvalue weighted by molar-refractivity contribution is 1.18. The summed E-state index contributed by atoms with van der Waals surface area (Å²) in [5.74, 6) is 0. The summed E-state index contributed by atoms with van der Waals surface area (Å²) in [4.78, 5) is 2.41. The van der Waals surface area contributed by atoms with Gasteiger partial charge in [0.1, 0.15) is 0 Å². The standard InChI is InChI=1S/C58H40N2/c1-3-18-43(19-4-1)51-26-11-13-30-55(51)59(48-37-35-42(36-38-48)45-34-33-41-17-7-8-20-44(41)39-45)49-24-15-21-46(40-49)50-25-9-10-27-52(50)53-29-16-32-57-58(53)54-28-12-14-31-56(54)60(57)47-22-5-2-6-23-47/h1-40H. The molecule has 0 spiro atoms. The lowest BCUT2D eigenvalue weighted by Crippen LogP contribution is -2.11. The topological polar surface area (TPSA) is 8.17 Å². The Balaban J connectivity index is 1.07. The van der Waals surface area contributed by atoms with E-state index in [9.17, 15) is 0 Å². The van der Waals surface area contributed by atoms with E-state index in [-0.39, 0.29) is 0 Å². The molecule has 0 amide bonds. The molecule has 60 heavy (non-hydrogen) atoms. The van der Waals surface area contributed by atoms with E-state index in [0.29, 0.717) is 0 Å². The molecule has 0 atom stereocenters. The summed E-state index contributed by atoms with van der Waals surface area (Å²) >= 11 is 0. The first-order chi connectivity index (χ1) is 29.8. The van der Waals surface area contributed by atoms with Crippen LogP contribution in [0.25, 0.3) is 82.8 Å². The molecular weight excluding hydrogens is 725 g/mol. The predicted molar refractivity (Wildman–Crippen MR) is 255 cm³/mol. The van der Waals surface area contributed by atoms with Crippen molar-refractivity contribution in [3.8, 4) is 50.2 Å². The number of anilines is 3. The number of nitrogens with zero attached hydrogens (tertiary/aromatic N) is 2. The first kappa shape index (κ1) is 35.2. The predicted octanol–water partition coefficient (Wildman–Crippen LogP) is 16.1. The SMILES string of the molecule is c1ccc(-c2ccccc2N(c2ccc(-c3ccc4ccccc4c3)cc2)c2cccc(-c3ccccc3-c3cccc4c3c3ccccc3n4-c3ccccc3)c2)cc1. The summed E-state index contributed by atoms with van der Waals surface area (Å²) in [6.07, 6.45) is 0. The second kappa shape index (κ2) is 15.1. The van der Waals surface area contributed by atoms with E-state index in [4.69, 9.17) is 0 Å². The molecule has 0 aliphatic heterocycles. The number of rotatable bonds is 8. The normalized spacial score (nSPS) is 11.3. The average molecular weight is 765 g/mol. The van der Waals surface area contributed by atoms with Gasteiger partial charge >= 0.3 is 0 Å². The summed E-state index contributed by atoms with van der Waals surface area (Å²) in [7, 11) is 0. The van der Waals surface area contributed by atoms with Crippen LogP contribution >= 0.6 is 0 Å². The maximum Gasteiger partial charge on any atom is 0.0547 e. The Morgan fingerprint density at radius 3 is 1.73 bits per heavy atom. The molecule has 0 unspecified atom stereocenters. The highest BCUT2D eigenvalue weighted by Gasteiger charge is 2.21. The zero-order valence-electron chi connectivity index (χ0n) is 33.0. The largest absolute Gasteiger partial charge is 0.310 e. The van der Waals surface area contributed by atoms with Crippen molar-refractivity contribution in [1.82, 2.24) is 4.57 Å². The molecule has 0 radical (unpaired) electrons. The highest BCUT2D eigenvalue weighted by atomic mass is 15.1. The molecule has 0 bridgehead atoms. The van der Waals surface area contributed by atoms with Crippen LogP contribution in [0, 0.1) is 0 Å². The summed E-state index contributed by atoms with van der Waals surface area (Å²) in [5.41, 5.74) is 16.3. The Hall–Kier alpha value is -7.94. The molecule has 10 aromatic carbocycles. The third kappa shape index (κ3) is 6.23. The van der Waals surface area contributed by atoms with Crippen LogP contribution in [0.1, 0.15) is 0 Å². The molecule has 1 heterocycles. The van der Waals surface area contributed by atoms with E-state index in [0.717, 1.165) is 28.3 Å². The zero-order valence-corrected chi connectivity index (χ0v) is 33.0. The van der Waals surface area contributed by atoms with Gasteiger partial charge in [-0.15, -0.1) is 0 Å². The number of fused-ring (bicyclic) bond motifs is 4. The molecule has 0 saturated carbocycles. The van der Waals surface area contributed by atoms with Crippen molar-refractivity contribution in [2.24, 2.45) is 0 Å². The fourth-order valence-electron chi connectivity index (χ4n) is 9.01. The maximum atomic E-state index is 2.41. The van der Waals surface area contributed by atoms with Crippen molar-refractivity contribution in [3.05, 3.63) is 243 Å². The minimum absolute atomic E-state index is 1.09. The lowest BCUT2D eigenvalue weighted by Gasteiger charge is -2.28. The second-order valence-electron chi connectivity index (χ2n) is 15.3. The van der Waals surface area contributed by atoms with Gasteiger partial charge in [-0.1, -0.05) is 182 Å². The highest BCUT2D eigenvalue weighted by Crippen LogP contribution is 2.45. The van der Waals surface area contributed by atoms with Crippen LogP contribution in [-0.2, 0) is 0 Å². The highest BCUT2D eigenvalue weighted by molar-refractivity contribution is 6.16. The monoisotopic (exact) mass is 764 g/mol. The lowest BCUT2D eigenvalue weighted by atomic mass is 9.91. The summed E-state index contributed by atoms with van der Waals surface area (Å²) < 4.78 is 2.39. The van der Waals surface area contributed by atoms with E-state index in [1.54, 1.807) is 0 Å². The van der Waals surface area contributed by atoms with Crippen molar-refractivity contribution < 1.29 is 0 Å². The Kier molecular flexibility index (Phi) is 8.87. The van der Waals surface area contributed by atoms with Gasteiger partial charge in [0.15, 0.2) is 0 Å². The molecule has 11 aromatic rings. The molecule has 282 valence electrons. The minimum Gasteiger partial charge on any atom is -0.310 e. The van der Waals surface area contributed by atoms with E-state index in [2.05, 4.69) is 252 Å². The third-order valence-electron chi connectivity index (χ3n) is 11.8. The zero-order chi connectivity index (χ0) is 39.8. The summed E-state index contributed by atoms with van der Waals surface area (Å²) in [5, 5.41) is 4.99. The number of para-hydroxylation sites is 3. The van der Waals surface area contributed by atoms with Gasteiger partial charge in [0.25, 0.3) is 0 Å². The van der Waals surface area contributed by atoms with Gasteiger partial charge in [-0.05, 0) is 110 Å². The number of hydrogen-bond donors (Lipinski definition) is 0. The van der Waals surface area contributed by atoms with Crippen LogP contribution in [0.2, 0.25) is 0 Å². The van der Waals surface area contributed by atoms with Gasteiger partial charge in [-0.3, -0.25) is 0 Å². The molecule has 0 aliphatic carbocycles. The van der Waals surface area contributed by atoms with Crippen LogP contribution in [0.4, 0.5) is 17.1 Å². The van der Waals surface area contributed by atoms with E-state index < -0.39 is 0 Å². The van der Waals surface area contributed by atoms with Crippen LogP contribution in [0.15, 0.2) is 243 Å². The van der Waals surface area contributed by atoms with Crippen LogP contribution in [-0.4, -0.2) is 4.57 Å². The number of aromatic nitrogens is 1. The van der Waals surface area contributed by atoms with Crippen molar-refractivity contribution in [1.29, 1.82) is 0 Å². The quantitative estimate of drug-likeness (QED) is 0.150. The van der Waals surface area contributed by atoms with Crippen LogP contribution < -0.4 is 4.90 Å². The van der Waals surface area contributed by atoms with Gasteiger partial charge in [0.05, 0.1) is 16.7 Å². The molecule has 2 heteroatoms. The Morgan fingerprint density at radius 2 is 0.900 bits per heavy atom. The molecule has 0 saturated heterocycles. The fourth-order valence-corrected chi connectivity index (χ4v) is 9.01. The molecule has 0 fully saturated rings. The summed E-state index contributed by atoms with van der Waals surface area (Å²) in [6, 6.07) is 87.9. The van der Waals surface area contributed by atoms with Gasteiger partial charge in [0.2, 0.25) is 0 Å². The Labute approximate surface area is 350 Å². The average Bonchev–Trinajstić information content (AvgIpc) is 3.67. The van der Waals surface area contributed by atoms with E-state index in [1.165, 1.54) is 71.5 Å². The maximum absolute atomic E-state index is 2.41. The van der Waals surface area contributed by atoms with Crippen molar-refractivity contribution in [3.63, 3.8) is 0 Å². The molecular formula is C58H40N2. The smallest absolute Gasteiger partial charge is 0.0547 e. The van der Waals surface area contributed by atoms with Gasteiger partial charge in [-0.25, -0.2) is 0 Å². The Morgan fingerprint density at radius 1 is 0.300 bits per heavy atom. The number of hydrogen-bond acceptors (Lipinski definition) is 1. The summed E-state index contributed by atoms with van der Waals surface area (Å²) in [6.45, 7) is 0. The molecule has 1 aromatic heterocycles. The van der Waals surface area contributed by atoms with Crippen LogP contribution in [0.3, 0.4) is 0 Å². The first-order valence-electron chi connectivity index (χ1n) is 20.6. The third-order valence-corrected chi connectivity index (χ3v) is 11.8.